The molecular weight excluding hydrogens is 399 g/mol. The number of imidazole rings is 1. The van der Waals surface area contributed by atoms with Crippen LogP contribution >= 0.6 is 34.2 Å². The molecule has 0 radical (unpaired) electrons. The van der Waals surface area contributed by atoms with E-state index in [1.54, 1.807) is 6.07 Å². The first kappa shape index (κ1) is 14.7. The number of rotatable bonds is 2. The molecule has 3 rings (SSSR count). The summed E-state index contributed by atoms with van der Waals surface area (Å²) in [7, 11) is 0. The number of halogens is 2. The van der Waals surface area contributed by atoms with Crippen molar-refractivity contribution in [3.8, 4) is 17.1 Å². The molecule has 0 atom stereocenters. The van der Waals surface area contributed by atoms with Gasteiger partial charge < -0.3 is 9.67 Å². The summed E-state index contributed by atoms with van der Waals surface area (Å²) in [6.45, 7) is 4.23. The fourth-order valence-electron chi connectivity index (χ4n) is 2.45. The summed E-state index contributed by atoms with van der Waals surface area (Å²) in [5.41, 5.74) is 2.81. The number of aromatic nitrogens is 2. The van der Waals surface area contributed by atoms with Crippen LogP contribution in [0, 0.1) is 3.57 Å². The Morgan fingerprint density at radius 2 is 1.95 bits per heavy atom. The third kappa shape index (κ3) is 2.62. The number of phenolic OH excluding ortho intramolecular Hbond substituents is 1. The van der Waals surface area contributed by atoms with Gasteiger partial charge in [0.2, 0.25) is 0 Å². The van der Waals surface area contributed by atoms with Crippen molar-refractivity contribution >= 4 is 45.2 Å². The molecule has 0 aliphatic heterocycles. The molecule has 1 aromatic heterocycles. The van der Waals surface area contributed by atoms with Gasteiger partial charge in [0.25, 0.3) is 0 Å². The normalized spacial score (nSPS) is 11.5. The molecule has 0 aliphatic rings. The van der Waals surface area contributed by atoms with Crippen molar-refractivity contribution in [2.24, 2.45) is 0 Å². The first-order chi connectivity index (χ1) is 9.97. The molecule has 2 aromatic carbocycles. The SMILES string of the molecule is CC(C)n1c(-c2ccc(I)c(O)c2)nc2cc(Cl)ccc21. The van der Waals surface area contributed by atoms with Gasteiger partial charge in [-0.3, -0.25) is 0 Å². The maximum atomic E-state index is 9.94. The largest absolute Gasteiger partial charge is 0.507 e. The highest BCUT2D eigenvalue weighted by molar-refractivity contribution is 14.1. The quantitative estimate of drug-likeness (QED) is 0.584. The molecule has 1 heterocycles. The Kier molecular flexibility index (Phi) is 3.84. The van der Waals surface area contributed by atoms with Crippen LogP contribution in [0.5, 0.6) is 5.75 Å². The lowest BCUT2D eigenvalue weighted by molar-refractivity contribution is 0.471. The zero-order valence-corrected chi connectivity index (χ0v) is 14.6. The maximum Gasteiger partial charge on any atom is 0.141 e. The summed E-state index contributed by atoms with van der Waals surface area (Å²) in [6, 6.07) is 11.6. The van der Waals surface area contributed by atoms with Crippen LogP contribution in [-0.2, 0) is 0 Å². The van der Waals surface area contributed by atoms with Crippen LogP contribution in [0.1, 0.15) is 19.9 Å². The summed E-state index contributed by atoms with van der Waals surface area (Å²) >= 11 is 8.17. The van der Waals surface area contributed by atoms with Crippen LogP contribution in [0.3, 0.4) is 0 Å². The molecule has 0 amide bonds. The number of nitrogens with zero attached hydrogens (tertiary/aromatic N) is 2. The van der Waals surface area contributed by atoms with E-state index in [-0.39, 0.29) is 11.8 Å². The van der Waals surface area contributed by atoms with Gasteiger partial charge in [-0.05, 0) is 72.8 Å². The van der Waals surface area contributed by atoms with E-state index in [0.717, 1.165) is 26.0 Å². The summed E-state index contributed by atoms with van der Waals surface area (Å²) in [4.78, 5) is 4.70. The van der Waals surface area contributed by atoms with Gasteiger partial charge in [-0.2, -0.15) is 0 Å². The van der Waals surface area contributed by atoms with Crippen LogP contribution < -0.4 is 0 Å². The van der Waals surface area contributed by atoms with Crippen LogP contribution in [0.15, 0.2) is 36.4 Å². The molecule has 0 saturated heterocycles. The Balaban J connectivity index is 2.30. The Morgan fingerprint density at radius 3 is 2.62 bits per heavy atom. The van der Waals surface area contributed by atoms with Gasteiger partial charge in [-0.15, -0.1) is 0 Å². The average Bonchev–Trinajstić information content (AvgIpc) is 2.80. The Labute approximate surface area is 141 Å². The highest BCUT2D eigenvalue weighted by Gasteiger charge is 2.16. The number of fused-ring (bicyclic) bond motifs is 1. The van der Waals surface area contributed by atoms with Gasteiger partial charge >= 0.3 is 0 Å². The van der Waals surface area contributed by atoms with Crippen LogP contribution in [-0.4, -0.2) is 14.7 Å². The maximum absolute atomic E-state index is 9.94. The van der Waals surface area contributed by atoms with Gasteiger partial charge in [0, 0.05) is 16.6 Å². The molecular formula is C16H14ClIN2O. The van der Waals surface area contributed by atoms with Crippen molar-refractivity contribution in [1.82, 2.24) is 9.55 Å². The second kappa shape index (κ2) is 5.50. The van der Waals surface area contributed by atoms with Crippen molar-refractivity contribution in [1.29, 1.82) is 0 Å². The molecule has 108 valence electrons. The first-order valence-electron chi connectivity index (χ1n) is 6.63. The third-order valence-corrected chi connectivity index (χ3v) is 4.52. The highest BCUT2D eigenvalue weighted by Crippen LogP contribution is 2.32. The second-order valence-corrected chi connectivity index (χ2v) is 6.80. The molecule has 1 N–H and O–H groups in total. The fourth-order valence-corrected chi connectivity index (χ4v) is 2.95. The average molecular weight is 413 g/mol. The number of aromatic hydroxyl groups is 1. The minimum Gasteiger partial charge on any atom is -0.507 e. The van der Waals surface area contributed by atoms with E-state index in [4.69, 9.17) is 16.6 Å². The molecule has 0 bridgehead atoms. The monoisotopic (exact) mass is 412 g/mol. The number of phenols is 1. The van der Waals surface area contributed by atoms with Crippen molar-refractivity contribution in [3.05, 3.63) is 45.0 Å². The summed E-state index contributed by atoms with van der Waals surface area (Å²) in [5.74, 6) is 1.11. The predicted octanol–water partition coefficient (Wildman–Crippen LogP) is 5.25. The smallest absolute Gasteiger partial charge is 0.141 e. The fraction of sp³-hybridized carbons (Fsp3) is 0.188. The molecule has 5 heteroatoms. The Hall–Kier alpha value is -1.27. The topological polar surface area (TPSA) is 38.0 Å². The minimum absolute atomic E-state index is 0.257. The molecule has 0 fully saturated rings. The van der Waals surface area contributed by atoms with Crippen molar-refractivity contribution < 1.29 is 5.11 Å². The lowest BCUT2D eigenvalue weighted by atomic mass is 10.2. The molecule has 0 aliphatic carbocycles. The van der Waals surface area contributed by atoms with Crippen molar-refractivity contribution in [3.63, 3.8) is 0 Å². The highest BCUT2D eigenvalue weighted by atomic mass is 127. The van der Waals surface area contributed by atoms with E-state index in [2.05, 4.69) is 41.0 Å². The van der Waals surface area contributed by atoms with Crippen LogP contribution in [0.2, 0.25) is 5.02 Å². The molecule has 0 saturated carbocycles. The zero-order valence-electron chi connectivity index (χ0n) is 11.6. The van der Waals surface area contributed by atoms with E-state index < -0.39 is 0 Å². The Morgan fingerprint density at radius 1 is 1.19 bits per heavy atom. The molecule has 3 nitrogen and oxygen atoms in total. The summed E-state index contributed by atoms with van der Waals surface area (Å²) in [6.07, 6.45) is 0. The van der Waals surface area contributed by atoms with E-state index >= 15 is 0 Å². The molecule has 21 heavy (non-hydrogen) atoms. The minimum atomic E-state index is 0.257. The van der Waals surface area contributed by atoms with E-state index in [0.29, 0.717) is 5.02 Å². The van der Waals surface area contributed by atoms with Crippen LogP contribution in [0.25, 0.3) is 22.4 Å². The van der Waals surface area contributed by atoms with Crippen LogP contribution in [0.4, 0.5) is 0 Å². The molecule has 0 unspecified atom stereocenters. The van der Waals surface area contributed by atoms with Gasteiger partial charge in [-0.1, -0.05) is 11.6 Å². The zero-order chi connectivity index (χ0) is 15.1. The van der Waals surface area contributed by atoms with Crippen molar-refractivity contribution in [2.75, 3.05) is 0 Å². The second-order valence-electron chi connectivity index (χ2n) is 5.20. The Bertz CT molecular complexity index is 827. The van der Waals surface area contributed by atoms with Gasteiger partial charge in [0.1, 0.15) is 11.6 Å². The third-order valence-electron chi connectivity index (χ3n) is 3.37. The number of hydrogen-bond acceptors (Lipinski definition) is 2. The summed E-state index contributed by atoms with van der Waals surface area (Å²) < 4.78 is 2.99. The molecule has 3 aromatic rings. The predicted molar refractivity (Wildman–Crippen MR) is 94.9 cm³/mol. The van der Waals surface area contributed by atoms with Crippen molar-refractivity contribution in [2.45, 2.75) is 19.9 Å². The first-order valence-corrected chi connectivity index (χ1v) is 8.09. The standard InChI is InChI=1S/C16H14ClIN2O/c1-9(2)20-14-6-4-11(17)8-13(14)19-16(20)10-3-5-12(18)15(21)7-10/h3-9,21H,1-2H3. The van der Waals surface area contributed by atoms with Gasteiger partial charge in [0.15, 0.2) is 0 Å². The van der Waals surface area contributed by atoms with E-state index in [9.17, 15) is 5.11 Å². The van der Waals surface area contributed by atoms with E-state index in [1.807, 2.05) is 30.3 Å². The van der Waals surface area contributed by atoms with Gasteiger partial charge in [0.05, 0.1) is 14.6 Å². The number of benzene rings is 2. The number of hydrogen-bond donors (Lipinski definition) is 1. The lowest BCUT2D eigenvalue weighted by Crippen LogP contribution is -2.03. The van der Waals surface area contributed by atoms with E-state index in [1.165, 1.54) is 0 Å². The summed E-state index contributed by atoms with van der Waals surface area (Å²) in [5, 5.41) is 10.6. The van der Waals surface area contributed by atoms with Gasteiger partial charge in [-0.25, -0.2) is 4.98 Å². The lowest BCUT2D eigenvalue weighted by Gasteiger charge is -2.13. The molecule has 0 spiro atoms.